The molecule has 0 amide bonds. The summed E-state index contributed by atoms with van der Waals surface area (Å²) in [7, 11) is 0. The van der Waals surface area contributed by atoms with Gasteiger partial charge in [-0.25, -0.2) is 0 Å². The largest absolute Gasteiger partial charge is 0.382 e. The van der Waals surface area contributed by atoms with Gasteiger partial charge in [0.1, 0.15) is 0 Å². The number of hydrogen-bond donors (Lipinski definition) is 0. The molecule has 0 spiro atoms. The smallest absolute Gasteiger partial charge is 0.0726 e. The van der Waals surface area contributed by atoms with Crippen LogP contribution in [0.5, 0.6) is 0 Å². The van der Waals surface area contributed by atoms with E-state index in [-0.39, 0.29) is 6.10 Å². The normalized spacial score (nSPS) is 12.4. The van der Waals surface area contributed by atoms with Crippen molar-refractivity contribution in [3.05, 3.63) is 0 Å². The highest BCUT2D eigenvalue weighted by Crippen LogP contribution is 2.03. The third-order valence-corrected chi connectivity index (χ3v) is 1.51. The van der Waals surface area contributed by atoms with Gasteiger partial charge in [-0.2, -0.15) is 5.26 Å². The van der Waals surface area contributed by atoms with Gasteiger partial charge in [-0.3, -0.25) is 0 Å². The summed E-state index contributed by atoms with van der Waals surface area (Å²) in [5.74, 6) is 0. The Bertz CT molecular complexity index is 131. The zero-order valence-electron chi connectivity index (χ0n) is 7.88. The molecule has 1 unspecified atom stereocenters. The van der Waals surface area contributed by atoms with E-state index >= 15 is 0 Å². The van der Waals surface area contributed by atoms with E-state index in [2.05, 4.69) is 6.07 Å². The Hall–Kier alpha value is -0.590. The van der Waals surface area contributed by atoms with Crippen LogP contribution in [-0.2, 0) is 9.47 Å². The number of rotatable bonds is 7. The third kappa shape index (κ3) is 6.14. The molecular formula is C9H17NO2. The molecule has 0 fully saturated rings. The molecule has 70 valence electrons. The van der Waals surface area contributed by atoms with Crippen molar-refractivity contribution in [1.29, 1.82) is 5.26 Å². The second kappa shape index (κ2) is 8.51. The fourth-order valence-electron chi connectivity index (χ4n) is 0.941. The molecule has 0 aromatic carbocycles. The predicted molar refractivity (Wildman–Crippen MR) is 46.8 cm³/mol. The van der Waals surface area contributed by atoms with Gasteiger partial charge < -0.3 is 9.47 Å². The average Bonchev–Trinajstić information content (AvgIpc) is 2.06. The molecule has 0 aliphatic heterocycles. The van der Waals surface area contributed by atoms with Crippen LogP contribution in [0.3, 0.4) is 0 Å². The molecule has 0 radical (unpaired) electrons. The molecule has 0 aliphatic rings. The van der Waals surface area contributed by atoms with Gasteiger partial charge in [0.25, 0.3) is 0 Å². The maximum atomic E-state index is 8.45. The van der Waals surface area contributed by atoms with Crippen LogP contribution in [0.4, 0.5) is 0 Å². The Labute approximate surface area is 74.3 Å². The van der Waals surface area contributed by atoms with Gasteiger partial charge in [0, 0.05) is 19.8 Å². The first-order chi connectivity index (χ1) is 5.85. The standard InChI is InChI=1S/C9H17NO2/c1-3-11-8-6-9(5-7-10)12-4-2/h9H,3-6,8H2,1-2H3. The second-order valence-electron chi connectivity index (χ2n) is 2.43. The number of nitrogens with zero attached hydrogens (tertiary/aromatic N) is 1. The van der Waals surface area contributed by atoms with Crippen LogP contribution in [0.25, 0.3) is 0 Å². The highest BCUT2D eigenvalue weighted by Gasteiger charge is 2.06. The predicted octanol–water partition coefficient (Wildman–Crippen LogP) is 1.73. The summed E-state index contributed by atoms with van der Waals surface area (Å²) >= 11 is 0. The quantitative estimate of drug-likeness (QED) is 0.548. The van der Waals surface area contributed by atoms with E-state index in [1.165, 1.54) is 0 Å². The molecular weight excluding hydrogens is 154 g/mol. The van der Waals surface area contributed by atoms with Gasteiger partial charge in [0.2, 0.25) is 0 Å². The van der Waals surface area contributed by atoms with E-state index in [1.807, 2.05) is 13.8 Å². The molecule has 0 aliphatic carbocycles. The Balaban J connectivity index is 3.42. The fraction of sp³-hybridized carbons (Fsp3) is 0.889. The van der Waals surface area contributed by atoms with Crippen LogP contribution in [0.1, 0.15) is 26.7 Å². The highest BCUT2D eigenvalue weighted by atomic mass is 16.5. The maximum absolute atomic E-state index is 8.45. The van der Waals surface area contributed by atoms with Crippen molar-refractivity contribution in [1.82, 2.24) is 0 Å². The zero-order chi connectivity index (χ0) is 9.23. The molecule has 0 bridgehead atoms. The van der Waals surface area contributed by atoms with Gasteiger partial charge in [-0.05, 0) is 20.3 Å². The van der Waals surface area contributed by atoms with Crippen LogP contribution in [0.15, 0.2) is 0 Å². The van der Waals surface area contributed by atoms with Gasteiger partial charge in [0.05, 0.1) is 18.6 Å². The molecule has 1 atom stereocenters. The third-order valence-electron chi connectivity index (χ3n) is 1.51. The lowest BCUT2D eigenvalue weighted by molar-refractivity contribution is 0.0327. The summed E-state index contributed by atoms with van der Waals surface area (Å²) in [6, 6.07) is 2.10. The lowest BCUT2D eigenvalue weighted by Gasteiger charge is -2.12. The van der Waals surface area contributed by atoms with E-state index in [4.69, 9.17) is 14.7 Å². The van der Waals surface area contributed by atoms with Crippen molar-refractivity contribution in [3.63, 3.8) is 0 Å². The molecule has 0 N–H and O–H groups in total. The van der Waals surface area contributed by atoms with Crippen LogP contribution in [0.2, 0.25) is 0 Å². The van der Waals surface area contributed by atoms with E-state index in [0.29, 0.717) is 19.6 Å². The van der Waals surface area contributed by atoms with Crippen molar-refractivity contribution in [3.8, 4) is 6.07 Å². The van der Waals surface area contributed by atoms with Gasteiger partial charge in [-0.15, -0.1) is 0 Å². The van der Waals surface area contributed by atoms with Crippen molar-refractivity contribution < 1.29 is 9.47 Å². The minimum absolute atomic E-state index is 0.0477. The molecule has 0 aromatic heterocycles. The summed E-state index contributed by atoms with van der Waals surface area (Å²) in [6.45, 7) is 5.97. The molecule has 12 heavy (non-hydrogen) atoms. The summed E-state index contributed by atoms with van der Waals surface area (Å²) in [4.78, 5) is 0. The van der Waals surface area contributed by atoms with E-state index in [1.54, 1.807) is 0 Å². The molecule has 0 heterocycles. The summed E-state index contributed by atoms with van der Waals surface area (Å²) in [5.41, 5.74) is 0. The van der Waals surface area contributed by atoms with Crippen LogP contribution < -0.4 is 0 Å². The van der Waals surface area contributed by atoms with Crippen molar-refractivity contribution in [2.45, 2.75) is 32.8 Å². The Morgan fingerprint density at radius 1 is 1.33 bits per heavy atom. The first kappa shape index (κ1) is 11.4. The number of hydrogen-bond acceptors (Lipinski definition) is 3. The average molecular weight is 171 g/mol. The van der Waals surface area contributed by atoms with Gasteiger partial charge >= 0.3 is 0 Å². The Kier molecular flexibility index (Phi) is 8.09. The first-order valence-corrected chi connectivity index (χ1v) is 4.41. The summed E-state index contributed by atoms with van der Waals surface area (Å²) in [5, 5.41) is 8.45. The molecule has 0 aromatic rings. The molecule has 0 saturated carbocycles. The van der Waals surface area contributed by atoms with E-state index < -0.39 is 0 Å². The monoisotopic (exact) mass is 171 g/mol. The topological polar surface area (TPSA) is 42.2 Å². The van der Waals surface area contributed by atoms with Crippen molar-refractivity contribution in [2.24, 2.45) is 0 Å². The second-order valence-corrected chi connectivity index (χ2v) is 2.43. The Morgan fingerprint density at radius 3 is 2.58 bits per heavy atom. The molecule has 3 nitrogen and oxygen atoms in total. The van der Waals surface area contributed by atoms with E-state index in [0.717, 1.165) is 13.0 Å². The van der Waals surface area contributed by atoms with Crippen LogP contribution in [-0.4, -0.2) is 25.9 Å². The lowest BCUT2D eigenvalue weighted by atomic mass is 10.2. The summed E-state index contributed by atoms with van der Waals surface area (Å²) in [6.07, 6.45) is 1.32. The zero-order valence-corrected chi connectivity index (χ0v) is 7.88. The van der Waals surface area contributed by atoms with Crippen LogP contribution in [0, 0.1) is 11.3 Å². The van der Waals surface area contributed by atoms with Gasteiger partial charge in [0.15, 0.2) is 0 Å². The summed E-state index contributed by atoms with van der Waals surface area (Å²) < 4.78 is 10.5. The SMILES string of the molecule is CCOCCC(CC#N)OCC. The first-order valence-electron chi connectivity index (χ1n) is 4.41. The molecule has 0 saturated heterocycles. The van der Waals surface area contributed by atoms with Crippen molar-refractivity contribution >= 4 is 0 Å². The minimum Gasteiger partial charge on any atom is -0.382 e. The lowest BCUT2D eigenvalue weighted by Crippen LogP contribution is -2.15. The molecule has 3 heteroatoms. The minimum atomic E-state index is 0.0477. The maximum Gasteiger partial charge on any atom is 0.0726 e. The van der Waals surface area contributed by atoms with E-state index in [9.17, 15) is 0 Å². The highest BCUT2D eigenvalue weighted by molar-refractivity contribution is 4.76. The van der Waals surface area contributed by atoms with Gasteiger partial charge in [-0.1, -0.05) is 0 Å². The van der Waals surface area contributed by atoms with Crippen LogP contribution >= 0.6 is 0 Å². The fourth-order valence-corrected chi connectivity index (χ4v) is 0.941. The number of nitriles is 1. The number of ether oxygens (including phenoxy) is 2. The van der Waals surface area contributed by atoms with Crippen molar-refractivity contribution in [2.75, 3.05) is 19.8 Å². The Morgan fingerprint density at radius 2 is 2.08 bits per heavy atom. The molecule has 0 rings (SSSR count).